The van der Waals surface area contributed by atoms with Gasteiger partial charge in [0.15, 0.2) is 0 Å². The monoisotopic (exact) mass is 230 g/mol. The minimum Gasteiger partial charge on any atom is -0.464 e. The van der Waals surface area contributed by atoms with E-state index in [9.17, 15) is 4.79 Å². The summed E-state index contributed by atoms with van der Waals surface area (Å²) in [6.07, 6.45) is 3.53. The maximum absolute atomic E-state index is 11.3. The zero-order valence-electron chi connectivity index (χ0n) is 8.99. The minimum absolute atomic E-state index is 0.122. The number of unbranched alkanes of at least 4 members (excludes halogenated alkanes) is 1. The number of halogens is 1. The molecule has 15 heavy (non-hydrogen) atoms. The lowest BCUT2D eigenvalue weighted by Crippen LogP contribution is -2.14. The molecular formula is C10H15ClN2O2. The van der Waals surface area contributed by atoms with Gasteiger partial charge in [0.25, 0.3) is 0 Å². The zero-order chi connectivity index (χ0) is 11.3. The van der Waals surface area contributed by atoms with E-state index >= 15 is 0 Å². The van der Waals surface area contributed by atoms with E-state index in [0.29, 0.717) is 11.6 Å². The molecule has 0 saturated heterocycles. The van der Waals surface area contributed by atoms with Gasteiger partial charge in [-0.2, -0.15) is 5.10 Å². The van der Waals surface area contributed by atoms with E-state index in [1.165, 1.54) is 4.68 Å². The molecular weight excluding hydrogens is 216 g/mol. The van der Waals surface area contributed by atoms with Crippen molar-refractivity contribution in [2.75, 3.05) is 6.61 Å². The first kappa shape index (κ1) is 12.0. The third-order valence-corrected chi connectivity index (χ3v) is 2.31. The first-order valence-corrected chi connectivity index (χ1v) is 5.36. The third kappa shape index (κ3) is 3.91. The standard InChI is InChI=1S/C10H15ClN2O2/c1-3-4-5-15-10(14)7-13-6-9(11)8(2)12-13/h6H,3-5,7H2,1-2H3. The van der Waals surface area contributed by atoms with Crippen LogP contribution in [0.25, 0.3) is 0 Å². The zero-order valence-corrected chi connectivity index (χ0v) is 9.75. The van der Waals surface area contributed by atoms with Gasteiger partial charge >= 0.3 is 5.97 Å². The van der Waals surface area contributed by atoms with Crippen molar-refractivity contribution < 1.29 is 9.53 Å². The molecule has 0 radical (unpaired) electrons. The molecule has 1 rings (SSSR count). The smallest absolute Gasteiger partial charge is 0.327 e. The summed E-state index contributed by atoms with van der Waals surface area (Å²) in [5.74, 6) is -0.275. The highest BCUT2D eigenvalue weighted by Crippen LogP contribution is 2.11. The van der Waals surface area contributed by atoms with Crippen LogP contribution in [0.1, 0.15) is 25.5 Å². The van der Waals surface area contributed by atoms with Crippen LogP contribution in [0.5, 0.6) is 0 Å². The van der Waals surface area contributed by atoms with E-state index in [1.54, 1.807) is 13.1 Å². The molecule has 0 bridgehead atoms. The van der Waals surface area contributed by atoms with Crippen LogP contribution in [0.15, 0.2) is 6.20 Å². The number of hydrogen-bond donors (Lipinski definition) is 0. The molecule has 0 atom stereocenters. The lowest BCUT2D eigenvalue weighted by molar-refractivity contribution is -0.144. The van der Waals surface area contributed by atoms with E-state index in [1.807, 2.05) is 6.92 Å². The summed E-state index contributed by atoms with van der Waals surface area (Å²) in [6.45, 7) is 4.44. The van der Waals surface area contributed by atoms with Crippen LogP contribution in [-0.4, -0.2) is 22.4 Å². The van der Waals surface area contributed by atoms with Gasteiger partial charge < -0.3 is 4.74 Å². The van der Waals surface area contributed by atoms with Crippen LogP contribution in [0.2, 0.25) is 5.02 Å². The minimum atomic E-state index is -0.275. The normalized spacial score (nSPS) is 10.3. The number of hydrogen-bond acceptors (Lipinski definition) is 3. The fourth-order valence-corrected chi connectivity index (χ4v) is 1.23. The molecule has 0 N–H and O–H groups in total. The lowest BCUT2D eigenvalue weighted by atomic mass is 10.4. The van der Waals surface area contributed by atoms with E-state index in [4.69, 9.17) is 16.3 Å². The number of ether oxygens (including phenoxy) is 1. The van der Waals surface area contributed by atoms with E-state index < -0.39 is 0 Å². The number of rotatable bonds is 5. The van der Waals surface area contributed by atoms with E-state index in [0.717, 1.165) is 18.5 Å². The first-order chi connectivity index (χ1) is 7.13. The van der Waals surface area contributed by atoms with Crippen LogP contribution in [0.3, 0.4) is 0 Å². The summed E-state index contributed by atoms with van der Waals surface area (Å²) in [7, 11) is 0. The van der Waals surface area contributed by atoms with Crippen molar-refractivity contribution in [3.05, 3.63) is 16.9 Å². The fraction of sp³-hybridized carbons (Fsp3) is 0.600. The molecule has 0 saturated carbocycles. The molecule has 4 nitrogen and oxygen atoms in total. The van der Waals surface area contributed by atoms with Gasteiger partial charge in [-0.25, -0.2) is 0 Å². The van der Waals surface area contributed by atoms with Crippen LogP contribution in [-0.2, 0) is 16.1 Å². The van der Waals surface area contributed by atoms with E-state index in [-0.39, 0.29) is 12.5 Å². The second-order valence-electron chi connectivity index (χ2n) is 3.33. The lowest BCUT2D eigenvalue weighted by Gasteiger charge is -2.03. The third-order valence-electron chi connectivity index (χ3n) is 1.94. The molecule has 0 amide bonds. The first-order valence-electron chi connectivity index (χ1n) is 4.98. The summed E-state index contributed by atoms with van der Waals surface area (Å²) < 4.78 is 6.48. The summed E-state index contributed by atoms with van der Waals surface area (Å²) in [5.41, 5.74) is 0.720. The van der Waals surface area contributed by atoms with Crippen molar-refractivity contribution in [2.45, 2.75) is 33.2 Å². The van der Waals surface area contributed by atoms with Crippen molar-refractivity contribution in [1.82, 2.24) is 9.78 Å². The van der Waals surface area contributed by atoms with Crippen LogP contribution >= 0.6 is 11.6 Å². The van der Waals surface area contributed by atoms with Crippen molar-refractivity contribution >= 4 is 17.6 Å². The van der Waals surface area contributed by atoms with Crippen molar-refractivity contribution in [3.8, 4) is 0 Å². The Morgan fingerprint density at radius 1 is 1.67 bits per heavy atom. The molecule has 0 aliphatic rings. The topological polar surface area (TPSA) is 44.1 Å². The molecule has 0 aromatic carbocycles. The number of esters is 1. The van der Waals surface area contributed by atoms with Crippen molar-refractivity contribution in [1.29, 1.82) is 0 Å². The summed E-state index contributed by atoms with van der Waals surface area (Å²) in [4.78, 5) is 11.3. The van der Waals surface area contributed by atoms with Gasteiger partial charge in [-0.15, -0.1) is 0 Å². The van der Waals surface area contributed by atoms with Crippen LogP contribution < -0.4 is 0 Å². The molecule has 1 aromatic heterocycles. The molecule has 1 aromatic rings. The Kier molecular flexibility index (Phi) is 4.62. The molecule has 5 heteroatoms. The van der Waals surface area contributed by atoms with Gasteiger partial charge in [0.1, 0.15) is 6.54 Å². The van der Waals surface area contributed by atoms with Crippen molar-refractivity contribution in [3.63, 3.8) is 0 Å². The number of nitrogens with zero attached hydrogens (tertiary/aromatic N) is 2. The fourth-order valence-electron chi connectivity index (χ4n) is 1.08. The molecule has 0 unspecified atom stereocenters. The maximum Gasteiger partial charge on any atom is 0.327 e. The number of carbonyl (C=O) groups is 1. The van der Waals surface area contributed by atoms with Gasteiger partial charge in [0.2, 0.25) is 0 Å². The number of aromatic nitrogens is 2. The predicted octanol–water partition coefficient (Wildman–Crippen LogP) is 2.19. The Morgan fingerprint density at radius 3 is 2.93 bits per heavy atom. The molecule has 0 aliphatic carbocycles. The highest BCUT2D eigenvalue weighted by Gasteiger charge is 2.07. The second kappa shape index (κ2) is 5.75. The Morgan fingerprint density at radius 2 is 2.40 bits per heavy atom. The highest BCUT2D eigenvalue weighted by molar-refractivity contribution is 6.31. The Hall–Kier alpha value is -1.03. The molecule has 84 valence electrons. The number of carbonyl (C=O) groups excluding carboxylic acids is 1. The Bertz CT molecular complexity index is 317. The van der Waals surface area contributed by atoms with Crippen LogP contribution in [0, 0.1) is 6.92 Å². The largest absolute Gasteiger partial charge is 0.464 e. The summed E-state index contributed by atoms with van der Waals surface area (Å²) in [6, 6.07) is 0. The average molecular weight is 231 g/mol. The summed E-state index contributed by atoms with van der Waals surface area (Å²) in [5, 5.41) is 4.63. The Balaban J connectivity index is 2.37. The Labute approximate surface area is 94.2 Å². The average Bonchev–Trinajstić information content (AvgIpc) is 2.46. The second-order valence-corrected chi connectivity index (χ2v) is 3.74. The quantitative estimate of drug-likeness (QED) is 0.575. The SMILES string of the molecule is CCCCOC(=O)Cn1cc(Cl)c(C)n1. The molecule has 0 aliphatic heterocycles. The molecule has 1 heterocycles. The summed E-state index contributed by atoms with van der Waals surface area (Å²) >= 11 is 5.80. The predicted molar refractivity (Wildman–Crippen MR) is 57.8 cm³/mol. The van der Waals surface area contributed by atoms with Gasteiger partial charge in [0, 0.05) is 6.20 Å². The number of aryl methyl sites for hydroxylation is 1. The maximum atomic E-state index is 11.3. The van der Waals surface area contributed by atoms with Gasteiger partial charge in [-0.1, -0.05) is 24.9 Å². The molecule has 0 fully saturated rings. The van der Waals surface area contributed by atoms with Gasteiger partial charge in [-0.3, -0.25) is 9.48 Å². The highest BCUT2D eigenvalue weighted by atomic mass is 35.5. The van der Waals surface area contributed by atoms with Gasteiger partial charge in [0.05, 0.1) is 17.3 Å². The van der Waals surface area contributed by atoms with E-state index in [2.05, 4.69) is 5.10 Å². The van der Waals surface area contributed by atoms with Crippen molar-refractivity contribution in [2.24, 2.45) is 0 Å². The van der Waals surface area contributed by atoms with Gasteiger partial charge in [-0.05, 0) is 13.3 Å². The van der Waals surface area contributed by atoms with Crippen LogP contribution in [0.4, 0.5) is 0 Å². The molecule has 0 spiro atoms.